The SMILES string of the molecule is Cc1cc(-n2c3[c-]c(Oc4[c-]c(N5[CH-]N(c6c(-c7ccc(C(C)(C)C)cc7)cccc6-c6cccc(-c7ccccc7)c6)c6ccccc65)cc(C(C)(C)C)c4)ccc3c3cc(-c4ccc(C(C)(C)C)cc4)ccc32)ncc1-c1ccccc1.[Pt]. The third kappa shape index (κ3) is 11.0. The van der Waals surface area contributed by atoms with Crippen LogP contribution in [-0.4, -0.2) is 9.55 Å². The molecule has 0 aliphatic carbocycles. The molecular formula is C79H69N4OPt-3. The van der Waals surface area contributed by atoms with Crippen molar-refractivity contribution in [3.05, 3.63) is 272 Å². The molecule has 0 spiro atoms. The average molecular weight is 1290 g/mol. The Labute approximate surface area is 516 Å². The van der Waals surface area contributed by atoms with Crippen molar-refractivity contribution in [1.82, 2.24) is 9.55 Å². The Morgan fingerprint density at radius 1 is 0.412 bits per heavy atom. The second-order valence-corrected chi connectivity index (χ2v) is 25.5. The van der Waals surface area contributed by atoms with Gasteiger partial charge in [-0.05, 0) is 115 Å². The van der Waals surface area contributed by atoms with Crippen LogP contribution < -0.4 is 14.5 Å². The fourth-order valence-corrected chi connectivity index (χ4v) is 11.8. The molecule has 1 aliphatic heterocycles. The fourth-order valence-electron chi connectivity index (χ4n) is 11.8. The van der Waals surface area contributed by atoms with Crippen LogP contribution in [0, 0.1) is 25.7 Å². The summed E-state index contributed by atoms with van der Waals surface area (Å²) in [4.78, 5) is 9.83. The molecule has 10 aromatic carbocycles. The van der Waals surface area contributed by atoms with Gasteiger partial charge in [0.25, 0.3) is 0 Å². The average Bonchev–Trinajstić information content (AvgIpc) is 4.01. The maximum Gasteiger partial charge on any atom is 0.135 e. The van der Waals surface area contributed by atoms with E-state index in [1.807, 2.05) is 18.3 Å². The van der Waals surface area contributed by atoms with Crippen LogP contribution in [0.25, 0.3) is 83.3 Å². The number of fused-ring (bicyclic) bond motifs is 4. The summed E-state index contributed by atoms with van der Waals surface area (Å²) in [6.07, 6.45) is 2.00. The molecule has 6 heteroatoms. The number of ether oxygens (including phenoxy) is 1. The van der Waals surface area contributed by atoms with Crippen molar-refractivity contribution in [3.63, 3.8) is 0 Å². The van der Waals surface area contributed by atoms with Crippen LogP contribution >= 0.6 is 0 Å². The van der Waals surface area contributed by atoms with Gasteiger partial charge >= 0.3 is 0 Å². The number of hydrogen-bond donors (Lipinski definition) is 0. The van der Waals surface area contributed by atoms with E-state index < -0.39 is 0 Å². The molecule has 3 heterocycles. The van der Waals surface area contributed by atoms with E-state index in [9.17, 15) is 0 Å². The molecule has 0 saturated heterocycles. The summed E-state index contributed by atoms with van der Waals surface area (Å²) >= 11 is 0. The number of pyridine rings is 1. The Balaban J connectivity index is 0.00000709. The topological polar surface area (TPSA) is 33.5 Å². The molecule has 12 aromatic rings. The normalized spacial score (nSPS) is 12.6. The second-order valence-electron chi connectivity index (χ2n) is 25.5. The van der Waals surface area contributed by atoms with Gasteiger partial charge in [-0.25, -0.2) is 4.98 Å². The predicted molar refractivity (Wildman–Crippen MR) is 352 cm³/mol. The van der Waals surface area contributed by atoms with E-state index in [4.69, 9.17) is 9.72 Å². The van der Waals surface area contributed by atoms with Gasteiger partial charge in [0.2, 0.25) is 0 Å². The van der Waals surface area contributed by atoms with E-state index in [1.54, 1.807) is 0 Å². The standard InChI is InChI=1S/C79H69N4O.Pt/c1-52-43-75(80-50-70(52)55-23-15-12-16-24-55)83-71-42-35-58(54-31-36-60(37-32-54)77(2,3)4)45-69(71)68-41-40-64(49-74(68)83)84-65-47-62(79(8,9)10)46-63(48-65)81-51-82(73-30-18-17-29-72(73)81)76-66(56-33-38-61(39-34-56)78(5,6)7)27-20-28-67(76)59-26-19-25-57(44-59)53-21-13-11-14-22-53;/h11-47,50-51H,1-10H3;/q-3;. The molecule has 1 aliphatic rings. The number of rotatable bonds is 10. The number of nitrogens with zero attached hydrogens (tertiary/aromatic N) is 4. The Morgan fingerprint density at radius 3 is 1.59 bits per heavy atom. The van der Waals surface area contributed by atoms with Crippen LogP contribution in [0.2, 0.25) is 0 Å². The number of benzene rings is 10. The fraction of sp³-hybridized carbons (Fsp3) is 0.165. The zero-order valence-corrected chi connectivity index (χ0v) is 52.3. The van der Waals surface area contributed by atoms with E-state index in [2.05, 4.69) is 315 Å². The van der Waals surface area contributed by atoms with Gasteiger partial charge in [-0.1, -0.05) is 238 Å². The Bertz CT molecular complexity index is 4430. The van der Waals surface area contributed by atoms with Gasteiger partial charge in [-0.15, -0.1) is 53.6 Å². The maximum atomic E-state index is 7.08. The molecule has 424 valence electrons. The number of aryl methyl sites for hydroxylation is 1. The van der Waals surface area contributed by atoms with Gasteiger partial charge in [0.1, 0.15) is 5.82 Å². The zero-order chi connectivity index (χ0) is 58.1. The Morgan fingerprint density at radius 2 is 0.941 bits per heavy atom. The molecule has 85 heavy (non-hydrogen) atoms. The molecule has 2 aromatic heterocycles. The summed E-state index contributed by atoms with van der Waals surface area (Å²) < 4.78 is 9.31. The molecule has 0 N–H and O–H groups in total. The Hall–Kier alpha value is -8.76. The van der Waals surface area contributed by atoms with Crippen LogP contribution in [0.4, 0.5) is 22.7 Å². The predicted octanol–water partition coefficient (Wildman–Crippen LogP) is 21.5. The van der Waals surface area contributed by atoms with E-state index in [1.165, 1.54) is 27.8 Å². The van der Waals surface area contributed by atoms with Gasteiger partial charge in [-0.2, -0.15) is 6.07 Å². The van der Waals surface area contributed by atoms with Crippen molar-refractivity contribution in [3.8, 4) is 73.0 Å². The van der Waals surface area contributed by atoms with Gasteiger partial charge in [0.15, 0.2) is 0 Å². The van der Waals surface area contributed by atoms with Crippen molar-refractivity contribution >= 4 is 44.6 Å². The van der Waals surface area contributed by atoms with Crippen LogP contribution in [0.15, 0.2) is 231 Å². The molecule has 0 atom stereocenters. The third-order valence-electron chi connectivity index (χ3n) is 16.6. The molecule has 0 unspecified atom stereocenters. The van der Waals surface area contributed by atoms with Crippen molar-refractivity contribution in [1.29, 1.82) is 0 Å². The van der Waals surface area contributed by atoms with Crippen molar-refractivity contribution < 1.29 is 25.8 Å². The van der Waals surface area contributed by atoms with Crippen LogP contribution in [-0.2, 0) is 37.3 Å². The largest absolute Gasteiger partial charge is 0.509 e. The minimum atomic E-state index is -0.232. The first-order chi connectivity index (χ1) is 40.4. The maximum absolute atomic E-state index is 7.08. The molecule has 0 fully saturated rings. The minimum Gasteiger partial charge on any atom is -0.509 e. The van der Waals surface area contributed by atoms with Gasteiger partial charge in [0, 0.05) is 78.0 Å². The molecule has 0 radical (unpaired) electrons. The molecule has 0 saturated carbocycles. The summed E-state index contributed by atoms with van der Waals surface area (Å²) in [5.74, 6) is 1.99. The first-order valence-corrected chi connectivity index (χ1v) is 29.2. The molecule has 13 rings (SSSR count). The smallest absolute Gasteiger partial charge is 0.135 e. The van der Waals surface area contributed by atoms with Crippen LogP contribution in [0.1, 0.15) is 84.6 Å². The molecule has 0 amide bonds. The van der Waals surface area contributed by atoms with Crippen LogP contribution in [0.5, 0.6) is 11.5 Å². The second kappa shape index (κ2) is 22.3. The zero-order valence-electron chi connectivity index (χ0n) is 50.0. The summed E-state index contributed by atoms with van der Waals surface area (Å²) in [6, 6.07) is 88.7. The van der Waals surface area contributed by atoms with Crippen molar-refractivity contribution in [2.45, 2.75) is 85.5 Å². The van der Waals surface area contributed by atoms with Gasteiger partial charge in [-0.3, -0.25) is 0 Å². The number of para-hydroxylation sites is 3. The first-order valence-electron chi connectivity index (χ1n) is 29.2. The molecule has 0 bridgehead atoms. The number of hydrogen-bond acceptors (Lipinski definition) is 4. The van der Waals surface area contributed by atoms with Gasteiger partial charge < -0.3 is 19.1 Å². The van der Waals surface area contributed by atoms with Gasteiger partial charge in [0.05, 0.1) is 0 Å². The van der Waals surface area contributed by atoms with Crippen molar-refractivity contribution in [2.75, 3.05) is 9.80 Å². The number of aromatic nitrogens is 2. The van der Waals surface area contributed by atoms with E-state index in [0.29, 0.717) is 11.5 Å². The van der Waals surface area contributed by atoms with Crippen LogP contribution in [0.3, 0.4) is 0 Å². The first kappa shape index (κ1) is 56.7. The van der Waals surface area contributed by atoms with Crippen molar-refractivity contribution in [2.24, 2.45) is 0 Å². The van der Waals surface area contributed by atoms with E-state index >= 15 is 0 Å². The summed E-state index contributed by atoms with van der Waals surface area (Å²) in [7, 11) is 0. The Kier molecular flexibility index (Phi) is 14.9. The van der Waals surface area contributed by atoms with E-state index in [0.717, 1.165) is 100 Å². The quantitative estimate of drug-likeness (QED) is 0.128. The summed E-state index contributed by atoms with van der Waals surface area (Å²) in [5.41, 5.74) is 22.1. The third-order valence-corrected chi connectivity index (χ3v) is 16.6. The number of anilines is 4. The van der Waals surface area contributed by atoms with E-state index in [-0.39, 0.29) is 37.3 Å². The minimum absolute atomic E-state index is 0. The monoisotopic (exact) mass is 1280 g/mol. The summed E-state index contributed by atoms with van der Waals surface area (Å²) in [5, 5.41) is 2.17. The summed E-state index contributed by atoms with van der Waals surface area (Å²) in [6.45, 7) is 24.7. The molecular weight excluding hydrogens is 1220 g/mol. The molecule has 5 nitrogen and oxygen atoms in total.